The molecule has 1 unspecified atom stereocenters. The van der Waals surface area contributed by atoms with Crippen LogP contribution in [-0.2, 0) is 14.3 Å². The van der Waals surface area contributed by atoms with Crippen molar-refractivity contribution in [2.24, 2.45) is 0 Å². The fourth-order valence-electron chi connectivity index (χ4n) is 2.95. The monoisotopic (exact) mass is 358 g/mol. The van der Waals surface area contributed by atoms with E-state index >= 15 is 0 Å². The van der Waals surface area contributed by atoms with Crippen molar-refractivity contribution >= 4 is 29.1 Å². The standard InChI is InChI=1S/C19H19ClN2O3/c1-25-18(14-6-3-2-4-7-14)19(24)21-10-11-22(17(23)13-21)16-9-5-8-15(20)12-16/h2-9,12,18H,10-11,13H2,1H3. The number of hydrogen-bond acceptors (Lipinski definition) is 3. The summed E-state index contributed by atoms with van der Waals surface area (Å²) in [4.78, 5) is 28.5. The molecule has 0 saturated carbocycles. The van der Waals surface area contributed by atoms with Crippen LogP contribution >= 0.6 is 11.6 Å². The van der Waals surface area contributed by atoms with Crippen LogP contribution in [0.1, 0.15) is 11.7 Å². The van der Waals surface area contributed by atoms with Crippen LogP contribution in [0.2, 0.25) is 5.02 Å². The molecule has 1 fully saturated rings. The van der Waals surface area contributed by atoms with Gasteiger partial charge in [-0.1, -0.05) is 48.0 Å². The summed E-state index contributed by atoms with van der Waals surface area (Å²) in [5, 5.41) is 0.576. The molecule has 25 heavy (non-hydrogen) atoms. The molecule has 5 nitrogen and oxygen atoms in total. The van der Waals surface area contributed by atoms with Crippen LogP contribution in [0.5, 0.6) is 0 Å². The lowest BCUT2D eigenvalue weighted by Gasteiger charge is -2.35. The third-order valence-corrected chi connectivity index (χ3v) is 4.45. The Labute approximate surface area is 151 Å². The van der Waals surface area contributed by atoms with Crippen molar-refractivity contribution in [3.63, 3.8) is 0 Å². The van der Waals surface area contributed by atoms with Crippen molar-refractivity contribution in [3.05, 3.63) is 65.2 Å². The zero-order valence-electron chi connectivity index (χ0n) is 13.9. The summed E-state index contributed by atoms with van der Waals surface area (Å²) in [6.07, 6.45) is -0.702. The van der Waals surface area contributed by atoms with Gasteiger partial charge in [0, 0.05) is 30.9 Å². The van der Waals surface area contributed by atoms with Gasteiger partial charge in [-0.2, -0.15) is 0 Å². The summed E-state index contributed by atoms with van der Waals surface area (Å²) in [5.41, 5.74) is 1.52. The predicted molar refractivity (Wildman–Crippen MR) is 96.6 cm³/mol. The molecule has 2 aromatic carbocycles. The number of benzene rings is 2. The fraction of sp³-hybridized carbons (Fsp3) is 0.263. The first-order valence-corrected chi connectivity index (χ1v) is 8.40. The van der Waals surface area contributed by atoms with Gasteiger partial charge in [0.05, 0.1) is 0 Å². The van der Waals surface area contributed by atoms with Crippen molar-refractivity contribution in [1.29, 1.82) is 0 Å². The maximum absolute atomic E-state index is 12.8. The molecule has 0 N–H and O–H groups in total. The normalized spacial score (nSPS) is 16.0. The van der Waals surface area contributed by atoms with Crippen LogP contribution in [0.15, 0.2) is 54.6 Å². The van der Waals surface area contributed by atoms with Gasteiger partial charge in [-0.15, -0.1) is 0 Å². The lowest BCUT2D eigenvalue weighted by atomic mass is 10.1. The predicted octanol–water partition coefficient (Wildman–Crippen LogP) is 2.90. The summed E-state index contributed by atoms with van der Waals surface area (Å²) in [7, 11) is 1.50. The van der Waals surface area contributed by atoms with E-state index in [1.807, 2.05) is 36.4 Å². The van der Waals surface area contributed by atoms with Gasteiger partial charge >= 0.3 is 0 Å². The number of rotatable bonds is 4. The van der Waals surface area contributed by atoms with Crippen LogP contribution in [-0.4, -0.2) is 43.5 Å². The Hall–Kier alpha value is -2.37. The Morgan fingerprint density at radius 1 is 1.12 bits per heavy atom. The topological polar surface area (TPSA) is 49.9 Å². The van der Waals surface area contributed by atoms with Crippen molar-refractivity contribution in [3.8, 4) is 0 Å². The van der Waals surface area contributed by atoms with Crippen molar-refractivity contribution in [2.75, 3.05) is 31.6 Å². The molecular weight excluding hydrogens is 340 g/mol. The minimum absolute atomic E-state index is 0.0258. The Bertz CT molecular complexity index is 766. The number of anilines is 1. The fourth-order valence-corrected chi connectivity index (χ4v) is 3.14. The van der Waals surface area contributed by atoms with Crippen LogP contribution in [0.3, 0.4) is 0 Å². The minimum Gasteiger partial charge on any atom is -0.367 e. The van der Waals surface area contributed by atoms with E-state index in [1.54, 1.807) is 28.0 Å². The van der Waals surface area contributed by atoms with Crippen LogP contribution < -0.4 is 4.90 Å². The smallest absolute Gasteiger partial charge is 0.256 e. The second-order valence-corrected chi connectivity index (χ2v) is 6.25. The molecule has 0 spiro atoms. The molecule has 1 aliphatic heterocycles. The second-order valence-electron chi connectivity index (χ2n) is 5.81. The van der Waals surface area contributed by atoms with E-state index in [-0.39, 0.29) is 18.4 Å². The Balaban J connectivity index is 1.72. The molecular formula is C19H19ClN2O3. The highest BCUT2D eigenvalue weighted by atomic mass is 35.5. The third-order valence-electron chi connectivity index (χ3n) is 4.21. The maximum atomic E-state index is 12.8. The van der Waals surface area contributed by atoms with E-state index in [4.69, 9.17) is 16.3 Å². The van der Waals surface area contributed by atoms with E-state index < -0.39 is 6.10 Å². The molecule has 6 heteroatoms. The van der Waals surface area contributed by atoms with Crippen LogP contribution in [0.25, 0.3) is 0 Å². The van der Waals surface area contributed by atoms with E-state index in [0.717, 1.165) is 11.3 Å². The Kier molecular flexibility index (Phi) is 5.36. The number of halogens is 1. The molecule has 3 rings (SSSR count). The Morgan fingerprint density at radius 2 is 1.88 bits per heavy atom. The quantitative estimate of drug-likeness (QED) is 0.844. The van der Waals surface area contributed by atoms with Crippen LogP contribution in [0, 0.1) is 0 Å². The first kappa shape index (κ1) is 17.5. The average Bonchev–Trinajstić information content (AvgIpc) is 2.63. The molecule has 0 radical (unpaired) electrons. The number of ether oxygens (including phenoxy) is 1. The van der Waals surface area contributed by atoms with Crippen molar-refractivity contribution in [1.82, 2.24) is 4.90 Å². The summed E-state index contributed by atoms with van der Waals surface area (Å²) in [6.45, 7) is 0.901. The van der Waals surface area contributed by atoms with E-state index in [9.17, 15) is 9.59 Å². The third kappa shape index (κ3) is 3.83. The molecule has 130 valence electrons. The highest BCUT2D eigenvalue weighted by molar-refractivity contribution is 6.30. The summed E-state index contributed by atoms with van der Waals surface area (Å²) < 4.78 is 5.38. The number of carbonyl (C=O) groups is 2. The number of piperazine rings is 1. The van der Waals surface area contributed by atoms with Gasteiger partial charge < -0.3 is 14.5 Å². The molecule has 0 aliphatic carbocycles. The second kappa shape index (κ2) is 7.68. The summed E-state index contributed by atoms with van der Waals surface area (Å²) >= 11 is 6.00. The molecule has 2 aromatic rings. The highest BCUT2D eigenvalue weighted by Gasteiger charge is 2.32. The SMILES string of the molecule is COC(C(=O)N1CCN(c2cccc(Cl)c2)C(=O)C1)c1ccccc1. The molecule has 1 atom stereocenters. The van der Waals surface area contributed by atoms with Crippen molar-refractivity contribution < 1.29 is 14.3 Å². The highest BCUT2D eigenvalue weighted by Crippen LogP contribution is 2.24. The maximum Gasteiger partial charge on any atom is 0.256 e. The van der Waals surface area contributed by atoms with Crippen LogP contribution in [0.4, 0.5) is 5.69 Å². The first-order valence-electron chi connectivity index (χ1n) is 8.02. The summed E-state index contributed by atoms with van der Waals surface area (Å²) in [5.74, 6) is -0.336. The molecule has 2 amide bonds. The lowest BCUT2D eigenvalue weighted by Crippen LogP contribution is -2.53. The van der Waals surface area contributed by atoms with Gasteiger partial charge in [-0.25, -0.2) is 0 Å². The molecule has 1 saturated heterocycles. The van der Waals surface area contributed by atoms with Gasteiger partial charge in [0.15, 0.2) is 6.10 Å². The largest absolute Gasteiger partial charge is 0.367 e. The number of hydrogen-bond donors (Lipinski definition) is 0. The molecule has 0 aromatic heterocycles. The Morgan fingerprint density at radius 3 is 2.52 bits per heavy atom. The van der Waals surface area contributed by atoms with Gasteiger partial charge in [0.25, 0.3) is 5.91 Å². The van der Waals surface area contributed by atoms with E-state index in [1.165, 1.54) is 7.11 Å². The van der Waals surface area contributed by atoms with Gasteiger partial charge in [0.1, 0.15) is 6.54 Å². The number of methoxy groups -OCH3 is 1. The minimum atomic E-state index is -0.702. The van der Waals surface area contributed by atoms with Gasteiger partial charge in [0.2, 0.25) is 5.91 Å². The van der Waals surface area contributed by atoms with Gasteiger partial charge in [-0.05, 0) is 23.8 Å². The zero-order valence-corrected chi connectivity index (χ0v) is 14.6. The number of nitrogens with zero attached hydrogens (tertiary/aromatic N) is 2. The number of amides is 2. The number of carbonyl (C=O) groups excluding carboxylic acids is 2. The molecule has 1 aliphatic rings. The molecule has 1 heterocycles. The zero-order chi connectivity index (χ0) is 17.8. The van der Waals surface area contributed by atoms with Gasteiger partial charge in [-0.3, -0.25) is 9.59 Å². The van der Waals surface area contributed by atoms with Crippen molar-refractivity contribution in [2.45, 2.75) is 6.10 Å². The molecule has 0 bridgehead atoms. The van der Waals surface area contributed by atoms with E-state index in [0.29, 0.717) is 18.1 Å². The lowest BCUT2D eigenvalue weighted by molar-refractivity contribution is -0.146. The summed E-state index contributed by atoms with van der Waals surface area (Å²) in [6, 6.07) is 16.4. The first-order chi connectivity index (χ1) is 12.1. The van der Waals surface area contributed by atoms with E-state index in [2.05, 4.69) is 0 Å². The average molecular weight is 359 g/mol.